The first-order valence-electron chi connectivity index (χ1n) is 7.62. The van der Waals surface area contributed by atoms with Crippen LogP contribution in [0.2, 0.25) is 5.02 Å². The zero-order chi connectivity index (χ0) is 15.9. The minimum atomic E-state index is -0.0260. The molecule has 4 nitrogen and oxygen atoms in total. The number of rotatable bonds is 2. The number of benzene rings is 1. The Morgan fingerprint density at radius 1 is 1.32 bits per heavy atom. The van der Waals surface area contributed by atoms with Gasteiger partial charge in [-0.2, -0.15) is 0 Å². The molecule has 0 saturated carbocycles. The highest BCUT2D eigenvalue weighted by Gasteiger charge is 2.28. The molecule has 5 heteroatoms. The number of carbonyl (C=O) groups is 1. The van der Waals surface area contributed by atoms with E-state index in [0.717, 1.165) is 36.9 Å². The summed E-state index contributed by atoms with van der Waals surface area (Å²) in [5.41, 5.74) is 1.48. The third-order valence-electron chi connectivity index (χ3n) is 4.59. The van der Waals surface area contributed by atoms with Gasteiger partial charge in [0.25, 0.3) is 5.91 Å². The molecule has 1 fully saturated rings. The van der Waals surface area contributed by atoms with Gasteiger partial charge in [-0.15, -0.1) is 0 Å². The molecule has 1 aliphatic rings. The van der Waals surface area contributed by atoms with Gasteiger partial charge in [0.05, 0.1) is 5.02 Å². The number of aryl methyl sites for hydroxylation is 1. The minimum absolute atomic E-state index is 0.0260. The van der Waals surface area contributed by atoms with Crippen LogP contribution in [-0.2, 0) is 0 Å². The van der Waals surface area contributed by atoms with Crippen molar-refractivity contribution in [3.63, 3.8) is 0 Å². The highest BCUT2D eigenvalue weighted by Crippen LogP contribution is 2.31. The van der Waals surface area contributed by atoms with Gasteiger partial charge in [0.2, 0.25) is 0 Å². The predicted octanol–water partition coefficient (Wildman–Crippen LogP) is 3.56. The average Bonchev–Trinajstić information content (AvgIpc) is 2.85. The molecule has 1 aromatic carbocycles. The van der Waals surface area contributed by atoms with Crippen molar-refractivity contribution in [3.05, 3.63) is 34.5 Å². The zero-order valence-corrected chi connectivity index (χ0v) is 14.0. The van der Waals surface area contributed by atoms with Crippen LogP contribution in [0.4, 0.5) is 0 Å². The van der Waals surface area contributed by atoms with Crippen molar-refractivity contribution in [2.45, 2.75) is 25.8 Å². The van der Waals surface area contributed by atoms with Crippen molar-refractivity contribution in [1.82, 2.24) is 9.80 Å². The summed E-state index contributed by atoms with van der Waals surface area (Å²) in [7, 11) is 4.18. The van der Waals surface area contributed by atoms with Crippen molar-refractivity contribution < 1.29 is 9.21 Å². The fourth-order valence-corrected chi connectivity index (χ4v) is 3.35. The molecule has 2 heterocycles. The molecule has 0 aliphatic carbocycles. The van der Waals surface area contributed by atoms with E-state index in [1.165, 1.54) is 0 Å². The lowest BCUT2D eigenvalue weighted by molar-refractivity contribution is 0.0633. The zero-order valence-electron chi connectivity index (χ0n) is 13.2. The average molecular weight is 321 g/mol. The summed E-state index contributed by atoms with van der Waals surface area (Å²) < 4.78 is 5.79. The van der Waals surface area contributed by atoms with Crippen LogP contribution in [0.3, 0.4) is 0 Å². The number of fused-ring (bicyclic) bond motifs is 1. The highest BCUT2D eigenvalue weighted by atomic mass is 35.5. The van der Waals surface area contributed by atoms with Crippen molar-refractivity contribution in [2.75, 3.05) is 27.2 Å². The molecule has 0 radical (unpaired) electrons. The highest BCUT2D eigenvalue weighted by molar-refractivity contribution is 6.35. The summed E-state index contributed by atoms with van der Waals surface area (Å²) in [5, 5.41) is 1.46. The standard InChI is InChI=1S/C17H21ClN2O2/c1-11-13-5-4-6-14(18)16(13)22-15(11)17(21)20-9-7-12(8-10-20)19(2)3/h4-6,12H,7-10H2,1-3H3. The van der Waals surface area contributed by atoms with Crippen LogP contribution in [0.25, 0.3) is 11.0 Å². The summed E-state index contributed by atoms with van der Waals surface area (Å²) in [4.78, 5) is 16.9. The first-order chi connectivity index (χ1) is 10.5. The van der Waals surface area contributed by atoms with E-state index < -0.39 is 0 Å². The molecule has 1 aliphatic heterocycles. The van der Waals surface area contributed by atoms with Crippen LogP contribution in [0.5, 0.6) is 0 Å². The number of furan rings is 1. The van der Waals surface area contributed by atoms with Gasteiger partial charge in [-0.25, -0.2) is 0 Å². The van der Waals surface area contributed by atoms with Crippen LogP contribution >= 0.6 is 11.6 Å². The van der Waals surface area contributed by atoms with Crippen LogP contribution in [0.15, 0.2) is 22.6 Å². The van der Waals surface area contributed by atoms with Crippen molar-refractivity contribution in [2.24, 2.45) is 0 Å². The third-order valence-corrected chi connectivity index (χ3v) is 4.89. The van der Waals surface area contributed by atoms with Gasteiger partial charge in [-0.3, -0.25) is 4.79 Å². The van der Waals surface area contributed by atoms with Crippen molar-refractivity contribution in [1.29, 1.82) is 0 Å². The Bertz CT molecular complexity index is 700. The molecule has 0 unspecified atom stereocenters. The number of likely N-dealkylation sites (tertiary alicyclic amines) is 1. The Labute approximate surface area is 135 Å². The van der Waals surface area contributed by atoms with E-state index >= 15 is 0 Å². The predicted molar refractivity (Wildman–Crippen MR) is 88.6 cm³/mol. The molecule has 0 atom stereocenters. The van der Waals surface area contributed by atoms with E-state index in [2.05, 4.69) is 19.0 Å². The smallest absolute Gasteiger partial charge is 0.289 e. The van der Waals surface area contributed by atoms with Crippen LogP contribution < -0.4 is 0 Å². The van der Waals surface area contributed by atoms with E-state index in [0.29, 0.717) is 22.4 Å². The summed E-state index contributed by atoms with van der Waals surface area (Å²) in [6.45, 7) is 3.46. The fourth-order valence-electron chi connectivity index (χ4n) is 3.14. The van der Waals surface area contributed by atoms with Crippen molar-refractivity contribution >= 4 is 28.5 Å². The maximum atomic E-state index is 12.8. The van der Waals surface area contributed by atoms with E-state index in [-0.39, 0.29) is 5.91 Å². The van der Waals surface area contributed by atoms with Crippen LogP contribution in [0.1, 0.15) is 29.0 Å². The maximum absolute atomic E-state index is 12.8. The molecule has 0 N–H and O–H groups in total. The second kappa shape index (κ2) is 5.94. The Hall–Kier alpha value is -1.52. The lowest BCUT2D eigenvalue weighted by atomic mass is 10.0. The van der Waals surface area contributed by atoms with E-state index in [9.17, 15) is 4.79 Å². The normalized spacial score (nSPS) is 16.7. The molecule has 22 heavy (non-hydrogen) atoms. The SMILES string of the molecule is Cc1c(C(=O)N2CCC(N(C)C)CC2)oc2c(Cl)cccc12. The second-order valence-corrected chi connectivity index (χ2v) is 6.57. The molecule has 118 valence electrons. The van der Waals surface area contributed by atoms with Crippen LogP contribution in [0, 0.1) is 6.92 Å². The fraction of sp³-hybridized carbons (Fsp3) is 0.471. The monoisotopic (exact) mass is 320 g/mol. The number of hydrogen-bond donors (Lipinski definition) is 0. The van der Waals surface area contributed by atoms with Gasteiger partial charge in [0, 0.05) is 30.1 Å². The van der Waals surface area contributed by atoms with Gasteiger partial charge in [-0.05, 0) is 39.9 Å². The summed E-state index contributed by atoms with van der Waals surface area (Å²) in [6, 6.07) is 6.15. The van der Waals surface area contributed by atoms with Crippen molar-refractivity contribution in [3.8, 4) is 0 Å². The number of para-hydroxylation sites is 1. The molecule has 1 amide bonds. The molecule has 1 aromatic heterocycles. The maximum Gasteiger partial charge on any atom is 0.289 e. The third kappa shape index (κ3) is 2.61. The number of halogens is 1. The first kappa shape index (κ1) is 15.4. The molecular weight excluding hydrogens is 300 g/mol. The van der Waals surface area contributed by atoms with E-state index in [4.69, 9.17) is 16.0 Å². The first-order valence-corrected chi connectivity index (χ1v) is 8.00. The lowest BCUT2D eigenvalue weighted by Gasteiger charge is -2.34. The van der Waals surface area contributed by atoms with Gasteiger partial charge in [0.15, 0.2) is 11.3 Å². The lowest BCUT2D eigenvalue weighted by Crippen LogP contribution is -2.44. The summed E-state index contributed by atoms with van der Waals surface area (Å²) in [6.07, 6.45) is 2.00. The Balaban J connectivity index is 1.84. The quantitative estimate of drug-likeness (QED) is 0.849. The number of amides is 1. The summed E-state index contributed by atoms with van der Waals surface area (Å²) in [5.74, 6) is 0.397. The van der Waals surface area contributed by atoms with Crippen LogP contribution in [-0.4, -0.2) is 48.9 Å². The summed E-state index contributed by atoms with van der Waals surface area (Å²) >= 11 is 6.16. The van der Waals surface area contributed by atoms with E-state index in [1.54, 1.807) is 6.07 Å². The molecule has 0 spiro atoms. The molecule has 1 saturated heterocycles. The van der Waals surface area contributed by atoms with E-state index in [1.807, 2.05) is 24.0 Å². The van der Waals surface area contributed by atoms with Gasteiger partial charge >= 0.3 is 0 Å². The topological polar surface area (TPSA) is 36.7 Å². The Morgan fingerprint density at radius 2 is 2.00 bits per heavy atom. The molecule has 3 rings (SSSR count). The number of piperidine rings is 1. The van der Waals surface area contributed by atoms with Gasteiger partial charge in [0.1, 0.15) is 0 Å². The molecule has 0 bridgehead atoms. The Kier molecular flexibility index (Phi) is 4.15. The molecular formula is C17H21ClN2O2. The number of nitrogens with zero attached hydrogens (tertiary/aromatic N) is 2. The Morgan fingerprint density at radius 3 is 2.59 bits per heavy atom. The van der Waals surface area contributed by atoms with Gasteiger partial charge in [-0.1, -0.05) is 23.7 Å². The minimum Gasteiger partial charge on any atom is -0.449 e. The van der Waals surface area contributed by atoms with Gasteiger partial charge < -0.3 is 14.2 Å². The second-order valence-electron chi connectivity index (χ2n) is 6.16. The largest absolute Gasteiger partial charge is 0.449 e. The molecule has 2 aromatic rings. The number of carbonyl (C=O) groups excluding carboxylic acids is 1. The number of hydrogen-bond acceptors (Lipinski definition) is 3.